The molecule has 1 saturated carbocycles. The van der Waals surface area contributed by atoms with E-state index < -0.39 is 17.7 Å². The summed E-state index contributed by atoms with van der Waals surface area (Å²) in [6.07, 6.45) is 1.89. The highest BCUT2D eigenvalue weighted by molar-refractivity contribution is 5.86. The maximum atomic E-state index is 12.3. The van der Waals surface area contributed by atoms with Crippen LogP contribution in [0.1, 0.15) is 39.2 Å². The smallest absolute Gasteiger partial charge is 0.408 e. The molecule has 2 rings (SSSR count). The van der Waals surface area contributed by atoms with E-state index >= 15 is 0 Å². The molecule has 1 atom stereocenters. The second kappa shape index (κ2) is 6.81. The predicted molar refractivity (Wildman–Crippen MR) is 84.5 cm³/mol. The molecule has 1 aromatic carbocycles. The molecule has 22 heavy (non-hydrogen) atoms. The van der Waals surface area contributed by atoms with Crippen molar-refractivity contribution < 1.29 is 14.3 Å². The van der Waals surface area contributed by atoms with Crippen LogP contribution in [0.2, 0.25) is 0 Å². The van der Waals surface area contributed by atoms with Crippen LogP contribution in [-0.2, 0) is 16.0 Å². The van der Waals surface area contributed by atoms with Crippen molar-refractivity contribution in [1.29, 1.82) is 0 Å². The third-order valence-electron chi connectivity index (χ3n) is 3.21. The third kappa shape index (κ3) is 5.76. The number of hydrogen-bond donors (Lipinski definition) is 2. The van der Waals surface area contributed by atoms with E-state index in [2.05, 4.69) is 10.6 Å². The number of ether oxygens (including phenoxy) is 1. The maximum Gasteiger partial charge on any atom is 0.408 e. The number of benzene rings is 1. The van der Waals surface area contributed by atoms with E-state index in [9.17, 15) is 9.59 Å². The fourth-order valence-electron chi connectivity index (χ4n) is 2.04. The van der Waals surface area contributed by atoms with Crippen LogP contribution in [0.5, 0.6) is 0 Å². The largest absolute Gasteiger partial charge is 0.444 e. The van der Waals surface area contributed by atoms with Crippen molar-refractivity contribution >= 4 is 12.0 Å². The Hall–Kier alpha value is -2.04. The van der Waals surface area contributed by atoms with Crippen molar-refractivity contribution in [3.63, 3.8) is 0 Å². The Bertz CT molecular complexity index is 518. The van der Waals surface area contributed by atoms with Crippen LogP contribution < -0.4 is 10.6 Å². The fourth-order valence-corrected chi connectivity index (χ4v) is 2.04. The molecule has 5 nitrogen and oxygen atoms in total. The monoisotopic (exact) mass is 304 g/mol. The van der Waals surface area contributed by atoms with Gasteiger partial charge in [-0.1, -0.05) is 30.3 Å². The number of nitrogens with one attached hydrogen (secondary N) is 2. The summed E-state index contributed by atoms with van der Waals surface area (Å²) in [5, 5.41) is 5.61. The topological polar surface area (TPSA) is 67.4 Å². The third-order valence-corrected chi connectivity index (χ3v) is 3.21. The van der Waals surface area contributed by atoms with E-state index in [4.69, 9.17) is 4.74 Å². The highest BCUT2D eigenvalue weighted by Gasteiger charge is 2.29. The normalized spacial score (nSPS) is 15.8. The SMILES string of the molecule is CC(C)(C)OC(=O)NC(Cc1ccccc1)C(=O)NC1CC1. The van der Waals surface area contributed by atoms with Crippen molar-refractivity contribution in [1.82, 2.24) is 10.6 Å². The van der Waals surface area contributed by atoms with Gasteiger partial charge >= 0.3 is 6.09 Å². The molecule has 0 spiro atoms. The van der Waals surface area contributed by atoms with E-state index in [1.165, 1.54) is 0 Å². The van der Waals surface area contributed by atoms with Crippen LogP contribution >= 0.6 is 0 Å². The Labute approximate surface area is 131 Å². The molecule has 1 fully saturated rings. The predicted octanol–water partition coefficient (Wildman–Crippen LogP) is 2.40. The lowest BCUT2D eigenvalue weighted by atomic mass is 10.1. The van der Waals surface area contributed by atoms with Gasteiger partial charge in [0, 0.05) is 12.5 Å². The molecule has 0 aromatic heterocycles. The average molecular weight is 304 g/mol. The van der Waals surface area contributed by atoms with Gasteiger partial charge in [-0.3, -0.25) is 4.79 Å². The molecule has 1 unspecified atom stereocenters. The molecule has 2 N–H and O–H groups in total. The number of carbonyl (C=O) groups is 2. The molecule has 5 heteroatoms. The van der Waals surface area contributed by atoms with Gasteiger partial charge in [0.25, 0.3) is 0 Å². The molecule has 1 aromatic rings. The van der Waals surface area contributed by atoms with Gasteiger partial charge < -0.3 is 15.4 Å². The molecule has 0 saturated heterocycles. The maximum absolute atomic E-state index is 12.3. The molecule has 2 amide bonds. The van der Waals surface area contributed by atoms with Crippen LogP contribution in [0, 0.1) is 0 Å². The zero-order valence-corrected chi connectivity index (χ0v) is 13.4. The minimum atomic E-state index is -0.627. The first-order valence-electron chi connectivity index (χ1n) is 7.67. The van der Waals surface area contributed by atoms with E-state index in [-0.39, 0.29) is 11.9 Å². The van der Waals surface area contributed by atoms with Crippen molar-refractivity contribution in [2.45, 2.75) is 57.7 Å². The summed E-state index contributed by atoms with van der Waals surface area (Å²) in [7, 11) is 0. The van der Waals surface area contributed by atoms with Crippen LogP contribution in [-0.4, -0.2) is 29.7 Å². The van der Waals surface area contributed by atoms with Gasteiger partial charge in [0.2, 0.25) is 5.91 Å². The lowest BCUT2D eigenvalue weighted by molar-refractivity contribution is -0.123. The molecule has 0 bridgehead atoms. The van der Waals surface area contributed by atoms with Crippen LogP contribution in [0.25, 0.3) is 0 Å². The van der Waals surface area contributed by atoms with E-state index in [1.54, 1.807) is 20.8 Å². The van der Waals surface area contributed by atoms with Gasteiger partial charge in [0.15, 0.2) is 0 Å². The van der Waals surface area contributed by atoms with Gasteiger partial charge in [-0.15, -0.1) is 0 Å². The van der Waals surface area contributed by atoms with Crippen molar-refractivity contribution in [3.05, 3.63) is 35.9 Å². The summed E-state index contributed by atoms with van der Waals surface area (Å²) in [6.45, 7) is 5.38. The van der Waals surface area contributed by atoms with E-state index in [1.807, 2.05) is 30.3 Å². The Morgan fingerprint density at radius 3 is 2.41 bits per heavy atom. The zero-order valence-electron chi connectivity index (χ0n) is 13.4. The average Bonchev–Trinajstić information content (AvgIpc) is 3.21. The highest BCUT2D eigenvalue weighted by Crippen LogP contribution is 2.19. The van der Waals surface area contributed by atoms with Crippen LogP contribution in [0.3, 0.4) is 0 Å². The molecular weight excluding hydrogens is 280 g/mol. The molecule has 0 aliphatic heterocycles. The number of rotatable bonds is 5. The number of amides is 2. The minimum Gasteiger partial charge on any atom is -0.444 e. The summed E-state index contributed by atoms with van der Waals surface area (Å²) in [6, 6.07) is 9.26. The molecular formula is C17H24N2O3. The van der Waals surface area contributed by atoms with Crippen molar-refractivity contribution in [2.24, 2.45) is 0 Å². The van der Waals surface area contributed by atoms with E-state index in [0.717, 1.165) is 18.4 Å². The fraction of sp³-hybridized carbons (Fsp3) is 0.529. The first kappa shape index (κ1) is 16.3. The Kier molecular flexibility index (Phi) is 5.06. The van der Waals surface area contributed by atoms with Gasteiger partial charge in [-0.05, 0) is 39.2 Å². The lowest BCUT2D eigenvalue weighted by Crippen LogP contribution is -2.49. The number of hydrogen-bond acceptors (Lipinski definition) is 3. The van der Waals surface area contributed by atoms with Gasteiger partial charge in [-0.2, -0.15) is 0 Å². The van der Waals surface area contributed by atoms with Crippen LogP contribution in [0.4, 0.5) is 4.79 Å². The Balaban J connectivity index is 2.00. The standard InChI is InChI=1S/C17H24N2O3/c1-17(2,3)22-16(21)19-14(15(20)18-13-9-10-13)11-12-7-5-4-6-8-12/h4-8,13-14H,9-11H2,1-3H3,(H,18,20)(H,19,21). The van der Waals surface area contributed by atoms with Crippen LogP contribution in [0.15, 0.2) is 30.3 Å². The number of alkyl carbamates (subject to hydrolysis) is 1. The molecule has 120 valence electrons. The second-order valence-corrected chi connectivity index (χ2v) is 6.67. The van der Waals surface area contributed by atoms with Gasteiger partial charge in [0.05, 0.1) is 0 Å². The molecule has 1 aliphatic rings. The first-order chi connectivity index (χ1) is 10.3. The summed E-state index contributed by atoms with van der Waals surface area (Å²) < 4.78 is 5.25. The summed E-state index contributed by atoms with van der Waals surface area (Å²) in [4.78, 5) is 24.3. The van der Waals surface area contributed by atoms with Crippen molar-refractivity contribution in [2.75, 3.05) is 0 Å². The summed E-state index contributed by atoms with van der Waals surface area (Å²) >= 11 is 0. The first-order valence-corrected chi connectivity index (χ1v) is 7.67. The zero-order chi connectivity index (χ0) is 16.2. The second-order valence-electron chi connectivity index (χ2n) is 6.67. The Morgan fingerprint density at radius 1 is 1.23 bits per heavy atom. The van der Waals surface area contributed by atoms with Gasteiger partial charge in [0.1, 0.15) is 11.6 Å². The van der Waals surface area contributed by atoms with Gasteiger partial charge in [-0.25, -0.2) is 4.79 Å². The lowest BCUT2D eigenvalue weighted by Gasteiger charge is -2.23. The molecule has 0 heterocycles. The minimum absolute atomic E-state index is 0.155. The van der Waals surface area contributed by atoms with E-state index in [0.29, 0.717) is 6.42 Å². The highest BCUT2D eigenvalue weighted by atomic mass is 16.6. The molecule has 0 radical (unpaired) electrons. The quantitative estimate of drug-likeness (QED) is 0.878. The molecule has 1 aliphatic carbocycles. The number of carbonyl (C=O) groups excluding carboxylic acids is 2. The van der Waals surface area contributed by atoms with Crippen molar-refractivity contribution in [3.8, 4) is 0 Å². The Morgan fingerprint density at radius 2 is 1.86 bits per heavy atom. The summed E-state index contributed by atoms with van der Waals surface area (Å²) in [5.41, 5.74) is 0.406. The summed E-state index contributed by atoms with van der Waals surface area (Å²) in [5.74, 6) is -0.155.